The average Bonchev–Trinajstić information content (AvgIpc) is 2.41. The molecule has 0 bridgehead atoms. The minimum Gasteiger partial charge on any atom is -0.378 e. The molecule has 3 rings (SSSR count). The van der Waals surface area contributed by atoms with Gasteiger partial charge in [0.05, 0.1) is 6.10 Å². The molecule has 3 aliphatic rings. The lowest BCUT2D eigenvalue weighted by Gasteiger charge is -2.61. The maximum Gasteiger partial charge on any atom is 0.193 e. The Labute approximate surface area is 129 Å². The summed E-state index contributed by atoms with van der Waals surface area (Å²) in [7, 11) is 1.92. The van der Waals surface area contributed by atoms with Crippen LogP contribution in [0.25, 0.3) is 0 Å². The van der Waals surface area contributed by atoms with Crippen molar-refractivity contribution in [2.75, 3.05) is 26.7 Å². The number of nitrogens with one attached hydrogen (secondary N) is 1. The molecule has 2 atom stereocenters. The van der Waals surface area contributed by atoms with Gasteiger partial charge in [0.1, 0.15) is 0 Å². The maximum absolute atomic E-state index is 5.95. The predicted octanol–water partition coefficient (Wildman–Crippen LogP) is 2.64. The fourth-order valence-electron chi connectivity index (χ4n) is 4.31. The van der Waals surface area contributed by atoms with Gasteiger partial charge in [-0.15, -0.1) is 0 Å². The van der Waals surface area contributed by atoms with E-state index in [0.717, 1.165) is 38.0 Å². The van der Waals surface area contributed by atoms with Crippen LogP contribution in [-0.2, 0) is 4.74 Å². The molecule has 1 heterocycles. The lowest BCUT2D eigenvalue weighted by molar-refractivity contribution is -0.169. The standard InChI is InChI=1S/C17H31N3O/c1-4-21-15-12-14(17(15)8-5-9-17)19-16(18-3)20-10-6-13(2)7-11-20/h13-15H,4-12H2,1-3H3,(H,18,19). The van der Waals surface area contributed by atoms with E-state index in [9.17, 15) is 0 Å². The first-order chi connectivity index (χ1) is 10.2. The van der Waals surface area contributed by atoms with Gasteiger partial charge in [-0.05, 0) is 44.9 Å². The molecule has 1 aliphatic heterocycles. The minimum atomic E-state index is 0.412. The molecule has 0 aromatic rings. The Morgan fingerprint density at radius 1 is 1.33 bits per heavy atom. The zero-order chi connectivity index (χ0) is 14.9. The van der Waals surface area contributed by atoms with Crippen LogP contribution in [0.4, 0.5) is 0 Å². The van der Waals surface area contributed by atoms with Crippen LogP contribution in [0, 0.1) is 11.3 Å². The second-order valence-corrected chi connectivity index (χ2v) is 7.18. The van der Waals surface area contributed by atoms with Crippen molar-refractivity contribution < 1.29 is 4.74 Å². The van der Waals surface area contributed by atoms with Gasteiger partial charge in [0.25, 0.3) is 0 Å². The van der Waals surface area contributed by atoms with Gasteiger partial charge in [0, 0.05) is 38.2 Å². The van der Waals surface area contributed by atoms with Gasteiger partial charge < -0.3 is 15.0 Å². The van der Waals surface area contributed by atoms with E-state index in [4.69, 9.17) is 4.74 Å². The van der Waals surface area contributed by atoms with Crippen molar-refractivity contribution in [3.63, 3.8) is 0 Å². The van der Waals surface area contributed by atoms with Crippen LogP contribution in [0.5, 0.6) is 0 Å². The molecule has 2 unspecified atom stereocenters. The Bertz CT molecular complexity index is 383. The van der Waals surface area contributed by atoms with Crippen molar-refractivity contribution in [3.05, 3.63) is 0 Å². The normalized spacial score (nSPS) is 32.7. The number of nitrogens with zero attached hydrogens (tertiary/aromatic N) is 2. The summed E-state index contributed by atoms with van der Waals surface area (Å²) in [6.45, 7) is 7.61. The summed E-state index contributed by atoms with van der Waals surface area (Å²) in [4.78, 5) is 6.99. The first-order valence-corrected chi connectivity index (χ1v) is 8.79. The Kier molecular flexibility index (Phi) is 4.43. The second-order valence-electron chi connectivity index (χ2n) is 7.18. The van der Waals surface area contributed by atoms with Crippen LogP contribution in [0.2, 0.25) is 0 Å². The highest BCUT2D eigenvalue weighted by Gasteiger charge is 2.59. The molecule has 21 heavy (non-hydrogen) atoms. The molecule has 2 saturated carbocycles. The summed E-state index contributed by atoms with van der Waals surface area (Å²) >= 11 is 0. The minimum absolute atomic E-state index is 0.412. The smallest absolute Gasteiger partial charge is 0.193 e. The third-order valence-electron chi connectivity index (χ3n) is 6.04. The van der Waals surface area contributed by atoms with E-state index in [1.807, 2.05) is 7.05 Å². The number of hydrogen-bond acceptors (Lipinski definition) is 2. The molecule has 1 N–H and O–H groups in total. The van der Waals surface area contributed by atoms with E-state index < -0.39 is 0 Å². The number of hydrogen-bond donors (Lipinski definition) is 1. The van der Waals surface area contributed by atoms with E-state index >= 15 is 0 Å². The first kappa shape index (κ1) is 15.1. The number of rotatable bonds is 3. The van der Waals surface area contributed by atoms with E-state index in [1.54, 1.807) is 0 Å². The number of likely N-dealkylation sites (tertiary alicyclic amines) is 1. The van der Waals surface area contributed by atoms with Crippen LogP contribution < -0.4 is 5.32 Å². The summed E-state index contributed by atoms with van der Waals surface area (Å²) in [5.41, 5.74) is 0.412. The van der Waals surface area contributed by atoms with E-state index in [0.29, 0.717) is 17.6 Å². The van der Waals surface area contributed by atoms with Gasteiger partial charge in [-0.3, -0.25) is 4.99 Å². The quantitative estimate of drug-likeness (QED) is 0.642. The topological polar surface area (TPSA) is 36.9 Å². The monoisotopic (exact) mass is 293 g/mol. The number of aliphatic imine (C=N–C) groups is 1. The molecule has 0 aromatic heterocycles. The van der Waals surface area contributed by atoms with Gasteiger partial charge in [-0.25, -0.2) is 0 Å². The fourth-order valence-corrected chi connectivity index (χ4v) is 4.31. The van der Waals surface area contributed by atoms with Crippen LogP contribution in [-0.4, -0.2) is 49.7 Å². The highest BCUT2D eigenvalue weighted by Crippen LogP contribution is 2.57. The second kappa shape index (κ2) is 6.15. The third-order valence-corrected chi connectivity index (χ3v) is 6.04. The predicted molar refractivity (Wildman–Crippen MR) is 86.6 cm³/mol. The molecule has 0 radical (unpaired) electrons. The van der Waals surface area contributed by atoms with Gasteiger partial charge in [-0.2, -0.15) is 0 Å². The molecule has 4 heteroatoms. The van der Waals surface area contributed by atoms with Crippen LogP contribution >= 0.6 is 0 Å². The van der Waals surface area contributed by atoms with E-state index in [1.165, 1.54) is 32.1 Å². The van der Waals surface area contributed by atoms with Gasteiger partial charge >= 0.3 is 0 Å². The maximum atomic E-state index is 5.95. The van der Waals surface area contributed by atoms with E-state index in [2.05, 4.69) is 29.1 Å². The van der Waals surface area contributed by atoms with Crippen molar-refractivity contribution >= 4 is 5.96 Å². The Balaban J connectivity index is 1.58. The Hall–Kier alpha value is -0.770. The fraction of sp³-hybridized carbons (Fsp3) is 0.941. The lowest BCUT2D eigenvalue weighted by atomic mass is 9.51. The van der Waals surface area contributed by atoms with Gasteiger partial charge in [0.15, 0.2) is 5.96 Å². The van der Waals surface area contributed by atoms with Crippen molar-refractivity contribution in [3.8, 4) is 0 Å². The van der Waals surface area contributed by atoms with Crippen LogP contribution in [0.3, 0.4) is 0 Å². The summed E-state index contributed by atoms with van der Waals surface area (Å²) in [6, 6.07) is 0.570. The molecule has 1 spiro atoms. The first-order valence-electron chi connectivity index (χ1n) is 8.79. The highest BCUT2D eigenvalue weighted by molar-refractivity contribution is 5.80. The van der Waals surface area contributed by atoms with Gasteiger partial charge in [0.2, 0.25) is 0 Å². The molecular formula is C17H31N3O. The number of ether oxygens (including phenoxy) is 1. The molecule has 3 fully saturated rings. The van der Waals surface area contributed by atoms with Gasteiger partial charge in [-0.1, -0.05) is 13.3 Å². The number of piperidine rings is 1. The summed E-state index contributed by atoms with van der Waals surface area (Å²) in [5.74, 6) is 1.98. The third kappa shape index (κ3) is 2.67. The Morgan fingerprint density at radius 2 is 2.05 bits per heavy atom. The largest absolute Gasteiger partial charge is 0.378 e. The molecule has 4 nitrogen and oxygen atoms in total. The zero-order valence-corrected chi connectivity index (χ0v) is 13.9. The van der Waals surface area contributed by atoms with Crippen molar-refractivity contribution in [2.45, 2.75) is 64.5 Å². The molecule has 0 amide bonds. The highest BCUT2D eigenvalue weighted by atomic mass is 16.5. The molecular weight excluding hydrogens is 262 g/mol. The summed E-state index contributed by atoms with van der Waals surface area (Å²) < 4.78 is 5.95. The van der Waals surface area contributed by atoms with Crippen molar-refractivity contribution in [1.82, 2.24) is 10.2 Å². The van der Waals surface area contributed by atoms with Crippen LogP contribution in [0.1, 0.15) is 52.4 Å². The molecule has 0 aromatic carbocycles. The molecule has 120 valence electrons. The molecule has 2 aliphatic carbocycles. The molecule has 1 saturated heterocycles. The van der Waals surface area contributed by atoms with E-state index in [-0.39, 0.29) is 0 Å². The average molecular weight is 293 g/mol. The number of guanidine groups is 1. The zero-order valence-electron chi connectivity index (χ0n) is 13.9. The van der Waals surface area contributed by atoms with Crippen molar-refractivity contribution in [2.24, 2.45) is 16.3 Å². The SMILES string of the molecule is CCOC1CC(NC(=NC)N2CCC(C)CC2)C12CCC2. The Morgan fingerprint density at radius 3 is 2.57 bits per heavy atom. The summed E-state index contributed by atoms with van der Waals surface area (Å²) in [6.07, 6.45) is 8.22. The van der Waals surface area contributed by atoms with Crippen molar-refractivity contribution in [1.29, 1.82) is 0 Å². The lowest BCUT2D eigenvalue weighted by Crippen LogP contribution is -2.69. The summed E-state index contributed by atoms with van der Waals surface area (Å²) in [5, 5.41) is 3.76. The van der Waals surface area contributed by atoms with Crippen LogP contribution in [0.15, 0.2) is 4.99 Å².